The molecule has 11 heteroatoms. The molecule has 2 N–H and O–H groups in total. The molecule has 0 bridgehead atoms. The number of nitriles is 1. The third-order valence-electron chi connectivity index (χ3n) is 9.18. The first-order valence-electron chi connectivity index (χ1n) is 15.2. The number of hydrogen-bond donors (Lipinski definition) is 2. The highest BCUT2D eigenvalue weighted by molar-refractivity contribution is 5.95. The summed E-state index contributed by atoms with van der Waals surface area (Å²) >= 11 is 0. The average molecular weight is 597 g/mol. The van der Waals surface area contributed by atoms with Crippen LogP contribution in [0.4, 0.5) is 0 Å². The zero-order valence-electron chi connectivity index (χ0n) is 26.1. The van der Waals surface area contributed by atoms with Gasteiger partial charge in [-0.3, -0.25) is 14.4 Å². The van der Waals surface area contributed by atoms with Crippen LogP contribution >= 0.6 is 0 Å². The summed E-state index contributed by atoms with van der Waals surface area (Å²) in [7, 11) is 6.93. The highest BCUT2D eigenvalue weighted by Gasteiger charge is 2.45. The first kappa shape index (κ1) is 31.0. The van der Waals surface area contributed by atoms with Gasteiger partial charge in [-0.1, -0.05) is 18.6 Å². The molecule has 1 unspecified atom stereocenters. The lowest BCUT2D eigenvalue weighted by molar-refractivity contribution is -0.122. The summed E-state index contributed by atoms with van der Waals surface area (Å²) in [4.78, 5) is 42.2. The van der Waals surface area contributed by atoms with E-state index in [1.54, 1.807) is 38.0 Å². The lowest BCUT2D eigenvalue weighted by atomic mass is 9.67. The van der Waals surface area contributed by atoms with Gasteiger partial charge < -0.3 is 15.1 Å². The molecule has 3 aromatic rings. The summed E-state index contributed by atoms with van der Waals surface area (Å²) < 4.78 is 0. The Morgan fingerprint density at radius 2 is 1.59 bits per heavy atom. The third-order valence-corrected chi connectivity index (χ3v) is 9.18. The van der Waals surface area contributed by atoms with E-state index in [0.717, 1.165) is 41.5 Å². The van der Waals surface area contributed by atoms with E-state index in [1.807, 2.05) is 43.3 Å². The zero-order chi connectivity index (χ0) is 31.6. The Kier molecular flexibility index (Phi) is 8.92. The fourth-order valence-corrected chi connectivity index (χ4v) is 6.98. The second-order valence-corrected chi connectivity index (χ2v) is 12.5. The number of benzene rings is 2. The molecule has 2 aliphatic carbocycles. The third kappa shape index (κ3) is 5.74. The van der Waals surface area contributed by atoms with Crippen molar-refractivity contribution in [2.24, 2.45) is 11.8 Å². The molecular weight excluding hydrogens is 556 g/mol. The molecule has 44 heavy (non-hydrogen) atoms. The number of nitrogens with one attached hydrogen (secondary N) is 2. The number of hydrogen-bond acceptors (Lipinski definition) is 8. The van der Waals surface area contributed by atoms with Gasteiger partial charge in [-0.05, 0) is 96.0 Å². The second kappa shape index (κ2) is 12.7. The number of nitrogens with zero attached hydrogens (tertiary/aromatic N) is 6. The van der Waals surface area contributed by atoms with Crippen LogP contribution in [0.25, 0.3) is 0 Å². The van der Waals surface area contributed by atoms with Gasteiger partial charge in [-0.25, -0.2) is 5.10 Å². The number of H-pyrrole nitrogens is 1. The molecule has 230 valence electrons. The van der Waals surface area contributed by atoms with Gasteiger partial charge in [0.1, 0.15) is 0 Å². The molecule has 5 rings (SSSR count). The van der Waals surface area contributed by atoms with Gasteiger partial charge in [-0.15, -0.1) is 5.10 Å². The maximum Gasteiger partial charge on any atom is 0.253 e. The van der Waals surface area contributed by atoms with Gasteiger partial charge in [0, 0.05) is 51.3 Å². The number of Topliss-reactive ketones (excluding diaryl/α,β-unsaturated/α-hetero) is 1. The highest BCUT2D eigenvalue weighted by Crippen LogP contribution is 2.47. The molecule has 11 nitrogen and oxygen atoms in total. The monoisotopic (exact) mass is 596 g/mol. The number of ketones is 1. The van der Waals surface area contributed by atoms with Gasteiger partial charge in [0.2, 0.25) is 0 Å². The van der Waals surface area contributed by atoms with Crippen molar-refractivity contribution < 1.29 is 14.4 Å². The predicted molar refractivity (Wildman–Crippen MR) is 164 cm³/mol. The lowest BCUT2D eigenvalue weighted by Gasteiger charge is -2.37. The quantitative estimate of drug-likeness (QED) is 0.383. The lowest BCUT2D eigenvalue weighted by Crippen LogP contribution is -2.42. The van der Waals surface area contributed by atoms with Crippen molar-refractivity contribution >= 4 is 17.6 Å². The molecule has 0 aliphatic heterocycles. The van der Waals surface area contributed by atoms with Crippen LogP contribution in [-0.2, 0) is 23.1 Å². The van der Waals surface area contributed by atoms with Gasteiger partial charge in [0.25, 0.3) is 11.8 Å². The number of carbonyl (C=O) groups is 3. The minimum atomic E-state index is -0.873. The molecule has 0 saturated heterocycles. The molecule has 1 aromatic heterocycles. The van der Waals surface area contributed by atoms with Crippen molar-refractivity contribution in [3.05, 3.63) is 75.6 Å². The summed E-state index contributed by atoms with van der Waals surface area (Å²) in [5, 5.41) is 28.4. The van der Waals surface area contributed by atoms with Gasteiger partial charge >= 0.3 is 0 Å². The minimum absolute atomic E-state index is 0.0663. The molecule has 2 aliphatic rings. The summed E-state index contributed by atoms with van der Waals surface area (Å²) in [6.07, 6.45) is 4.22. The first-order valence-corrected chi connectivity index (χ1v) is 15.2. The van der Waals surface area contributed by atoms with E-state index in [2.05, 4.69) is 32.0 Å². The number of aryl methyl sites for hydroxylation is 2. The van der Waals surface area contributed by atoms with E-state index in [9.17, 15) is 19.6 Å². The van der Waals surface area contributed by atoms with Crippen LogP contribution in [-0.4, -0.2) is 88.8 Å². The Labute approximate surface area is 258 Å². The van der Waals surface area contributed by atoms with Crippen LogP contribution < -0.4 is 5.32 Å². The van der Waals surface area contributed by atoms with Crippen LogP contribution in [0.5, 0.6) is 0 Å². The zero-order valence-corrected chi connectivity index (χ0v) is 26.1. The van der Waals surface area contributed by atoms with Crippen LogP contribution in [0.2, 0.25) is 0 Å². The summed E-state index contributed by atoms with van der Waals surface area (Å²) in [6, 6.07) is 13.7. The summed E-state index contributed by atoms with van der Waals surface area (Å²) in [5.41, 5.74) is 4.24. The Morgan fingerprint density at radius 3 is 2.09 bits per heavy atom. The number of rotatable bonds is 9. The molecular formula is C33H40N8O3. The molecule has 0 spiro atoms. The Morgan fingerprint density at radius 1 is 1.00 bits per heavy atom. The molecule has 1 saturated carbocycles. The van der Waals surface area contributed by atoms with Crippen LogP contribution in [0.1, 0.15) is 81.4 Å². The average Bonchev–Trinajstić information content (AvgIpc) is 3.71. The Bertz CT molecular complexity index is 1520. The number of tetrazole rings is 1. The summed E-state index contributed by atoms with van der Waals surface area (Å²) in [5.74, 6) is -0.0121. The first-order chi connectivity index (χ1) is 21.1. The molecule has 0 radical (unpaired) electrons. The van der Waals surface area contributed by atoms with Gasteiger partial charge in [0.05, 0.1) is 23.9 Å². The van der Waals surface area contributed by atoms with Crippen molar-refractivity contribution in [3.8, 4) is 6.07 Å². The maximum atomic E-state index is 13.2. The van der Waals surface area contributed by atoms with Crippen LogP contribution in [0.3, 0.4) is 0 Å². The number of aromatic amines is 1. The number of fused-ring (bicyclic) bond motifs is 2. The van der Waals surface area contributed by atoms with E-state index in [-0.39, 0.29) is 42.0 Å². The predicted octanol–water partition coefficient (Wildman–Crippen LogP) is 2.91. The minimum Gasteiger partial charge on any atom is -0.345 e. The maximum absolute atomic E-state index is 13.2. The van der Waals surface area contributed by atoms with Crippen LogP contribution in [0, 0.1) is 23.2 Å². The van der Waals surface area contributed by atoms with Gasteiger partial charge in [0.15, 0.2) is 11.6 Å². The fraction of sp³-hybridized carbons (Fsp3) is 0.485. The Hall–Kier alpha value is -4.43. The second-order valence-electron chi connectivity index (χ2n) is 12.5. The number of carbonyl (C=O) groups excluding carboxylic acids is 3. The normalized spacial score (nSPS) is 19.2. The number of amides is 2. The van der Waals surface area contributed by atoms with E-state index in [1.165, 1.54) is 0 Å². The highest BCUT2D eigenvalue weighted by atomic mass is 16.2. The molecule has 3 atom stereocenters. The summed E-state index contributed by atoms with van der Waals surface area (Å²) in [6.45, 7) is 2.20. The van der Waals surface area contributed by atoms with Crippen LogP contribution in [0.15, 0.2) is 36.4 Å². The van der Waals surface area contributed by atoms with Crippen molar-refractivity contribution in [2.45, 2.75) is 56.9 Å². The Balaban J connectivity index is 1.60. The van der Waals surface area contributed by atoms with Crippen molar-refractivity contribution in [1.29, 1.82) is 5.26 Å². The molecule has 2 amide bonds. The standard InChI is InChI=1S/C33H40N8O3/c1-20(35-19-29(42)26-8-6-7-25(26)18-34)17-33(32-36-38-39-37-32)27-13-11-23(30(43)40(2)3)15-21(27)9-10-22-16-24(12-14-28(22)33)31(44)41(4)5/h11-16,20,25-26,35H,6-10,17,19H2,1-5H3,(H,36,37,38,39)/t20-,25-,26?/m0/s1. The molecule has 1 fully saturated rings. The SMILES string of the molecule is C[C@@H](CC1(c2nnn[nH]2)c2ccc(C(=O)N(C)C)cc2CCc2cc(C(=O)N(C)C)ccc21)NCC(=O)C1CCC[C@H]1C#N. The van der Waals surface area contributed by atoms with E-state index >= 15 is 0 Å². The van der Waals surface area contributed by atoms with E-state index < -0.39 is 5.41 Å². The van der Waals surface area contributed by atoms with E-state index in [4.69, 9.17) is 0 Å². The topological polar surface area (TPSA) is 148 Å². The van der Waals surface area contributed by atoms with Crippen molar-refractivity contribution in [3.63, 3.8) is 0 Å². The number of aromatic nitrogens is 4. The molecule has 2 aromatic carbocycles. The van der Waals surface area contributed by atoms with Crippen molar-refractivity contribution in [2.75, 3.05) is 34.7 Å². The molecule has 1 heterocycles. The fourth-order valence-electron chi connectivity index (χ4n) is 6.98. The largest absolute Gasteiger partial charge is 0.345 e. The van der Waals surface area contributed by atoms with Gasteiger partial charge in [-0.2, -0.15) is 5.26 Å². The van der Waals surface area contributed by atoms with E-state index in [0.29, 0.717) is 36.2 Å². The smallest absolute Gasteiger partial charge is 0.253 e. The van der Waals surface area contributed by atoms with Crippen molar-refractivity contribution in [1.82, 2.24) is 35.7 Å².